The van der Waals surface area contributed by atoms with Crippen LogP contribution < -0.4 is 16.4 Å². The van der Waals surface area contributed by atoms with Gasteiger partial charge in [0, 0.05) is 25.3 Å². The molecule has 0 radical (unpaired) electrons. The highest BCUT2D eigenvalue weighted by Gasteiger charge is 2.13. The third-order valence-electron chi connectivity index (χ3n) is 4.41. The van der Waals surface area contributed by atoms with Gasteiger partial charge in [-0.3, -0.25) is 4.68 Å². The molecule has 0 bridgehead atoms. The summed E-state index contributed by atoms with van der Waals surface area (Å²) in [6.45, 7) is 0.476. The third kappa shape index (κ3) is 3.77. The summed E-state index contributed by atoms with van der Waals surface area (Å²) in [7, 11) is 1.82. The molecule has 2 aromatic carbocycles. The second-order valence-electron chi connectivity index (χ2n) is 6.43. The van der Waals surface area contributed by atoms with Gasteiger partial charge in [0.2, 0.25) is 5.95 Å². The Hall–Kier alpha value is -3.52. The SMILES string of the molecule is Cn1ncc2c(Nc3ccc(F)cc3)nc(NCC(N)c3ccccc3)nc21. The number of halogens is 1. The number of aromatic nitrogens is 4. The minimum absolute atomic E-state index is 0.194. The first-order valence-electron chi connectivity index (χ1n) is 8.87. The molecule has 0 amide bonds. The van der Waals surface area contributed by atoms with Gasteiger partial charge in [-0.1, -0.05) is 30.3 Å². The molecular weight excluding hydrogens is 357 g/mol. The van der Waals surface area contributed by atoms with Gasteiger partial charge in [0.25, 0.3) is 0 Å². The van der Waals surface area contributed by atoms with Gasteiger partial charge in [-0.15, -0.1) is 0 Å². The summed E-state index contributed by atoms with van der Waals surface area (Å²) in [5.74, 6) is 0.726. The molecule has 0 saturated heterocycles. The van der Waals surface area contributed by atoms with E-state index in [9.17, 15) is 4.39 Å². The van der Waals surface area contributed by atoms with Crippen LogP contribution in [-0.2, 0) is 7.05 Å². The van der Waals surface area contributed by atoms with Gasteiger partial charge in [0.15, 0.2) is 5.65 Å². The Bertz CT molecular complexity index is 1080. The number of fused-ring (bicyclic) bond motifs is 1. The van der Waals surface area contributed by atoms with Crippen LogP contribution in [0.2, 0.25) is 0 Å². The maximum Gasteiger partial charge on any atom is 0.226 e. The smallest absolute Gasteiger partial charge is 0.226 e. The predicted molar refractivity (Wildman–Crippen MR) is 108 cm³/mol. The van der Waals surface area contributed by atoms with Gasteiger partial charge in [-0.25, -0.2) is 4.39 Å². The molecule has 142 valence electrons. The topological polar surface area (TPSA) is 93.7 Å². The normalized spacial score (nSPS) is 12.1. The molecule has 0 aliphatic carbocycles. The van der Waals surface area contributed by atoms with Crippen LogP contribution in [0.3, 0.4) is 0 Å². The van der Waals surface area contributed by atoms with E-state index in [0.717, 1.165) is 16.6 Å². The molecule has 8 heteroatoms. The molecule has 0 saturated carbocycles. The van der Waals surface area contributed by atoms with Crippen molar-refractivity contribution >= 4 is 28.5 Å². The largest absolute Gasteiger partial charge is 0.352 e. The van der Waals surface area contributed by atoms with Crippen molar-refractivity contribution in [2.24, 2.45) is 12.8 Å². The fourth-order valence-corrected chi connectivity index (χ4v) is 2.89. The Morgan fingerprint density at radius 3 is 2.57 bits per heavy atom. The summed E-state index contributed by atoms with van der Waals surface area (Å²) in [6.07, 6.45) is 1.70. The number of aryl methyl sites for hydroxylation is 1. The standard InChI is InChI=1S/C20H20FN7/c1-28-19-16(11-24-28)18(25-15-9-7-14(21)8-10-15)26-20(27-19)23-12-17(22)13-5-3-2-4-6-13/h2-11,17H,12,22H2,1H3,(H2,23,25,26,27). The molecule has 4 aromatic rings. The Labute approximate surface area is 161 Å². The van der Waals surface area contributed by atoms with Crippen molar-refractivity contribution in [2.45, 2.75) is 6.04 Å². The lowest BCUT2D eigenvalue weighted by atomic mass is 10.1. The van der Waals surface area contributed by atoms with Crippen LogP contribution >= 0.6 is 0 Å². The zero-order valence-corrected chi connectivity index (χ0v) is 15.3. The van der Waals surface area contributed by atoms with Gasteiger partial charge in [-0.2, -0.15) is 15.1 Å². The number of nitrogens with zero attached hydrogens (tertiary/aromatic N) is 4. The monoisotopic (exact) mass is 377 g/mol. The molecule has 0 fully saturated rings. The second-order valence-corrected chi connectivity index (χ2v) is 6.43. The van der Waals surface area contributed by atoms with E-state index in [1.807, 2.05) is 37.4 Å². The Balaban J connectivity index is 1.60. The molecule has 4 rings (SSSR count). The molecular formula is C20H20FN7. The molecule has 0 aliphatic heterocycles. The van der Waals surface area contributed by atoms with Crippen LogP contribution in [0.5, 0.6) is 0 Å². The van der Waals surface area contributed by atoms with Crippen molar-refractivity contribution in [3.63, 3.8) is 0 Å². The van der Waals surface area contributed by atoms with E-state index in [-0.39, 0.29) is 11.9 Å². The number of hydrogen-bond donors (Lipinski definition) is 3. The average Bonchev–Trinajstić information content (AvgIpc) is 3.10. The average molecular weight is 377 g/mol. The summed E-state index contributed by atoms with van der Waals surface area (Å²) in [6, 6.07) is 15.7. The molecule has 1 unspecified atom stereocenters. The summed E-state index contributed by atoms with van der Waals surface area (Å²) in [5.41, 5.74) is 8.68. The van der Waals surface area contributed by atoms with E-state index >= 15 is 0 Å². The summed E-state index contributed by atoms with van der Waals surface area (Å²) >= 11 is 0. The minimum atomic E-state index is -0.294. The van der Waals surface area contributed by atoms with Crippen molar-refractivity contribution in [3.05, 3.63) is 72.2 Å². The molecule has 1 atom stereocenters. The summed E-state index contributed by atoms with van der Waals surface area (Å²) < 4.78 is 14.8. The highest BCUT2D eigenvalue weighted by molar-refractivity contribution is 5.89. The molecule has 0 aliphatic rings. The van der Waals surface area contributed by atoms with Crippen LogP contribution in [0.4, 0.5) is 21.8 Å². The number of benzene rings is 2. The van der Waals surface area contributed by atoms with Crippen LogP contribution in [0.15, 0.2) is 60.8 Å². The van der Waals surface area contributed by atoms with E-state index < -0.39 is 0 Å². The summed E-state index contributed by atoms with van der Waals surface area (Å²) in [5, 5.41) is 11.4. The van der Waals surface area contributed by atoms with Crippen molar-refractivity contribution in [3.8, 4) is 0 Å². The first-order valence-corrected chi connectivity index (χ1v) is 8.87. The Morgan fingerprint density at radius 2 is 1.82 bits per heavy atom. The van der Waals surface area contributed by atoms with Gasteiger partial charge in [0.1, 0.15) is 11.6 Å². The molecule has 7 nitrogen and oxygen atoms in total. The second kappa shape index (κ2) is 7.61. The molecule has 2 aromatic heterocycles. The lowest BCUT2D eigenvalue weighted by Crippen LogP contribution is -2.21. The van der Waals surface area contributed by atoms with Gasteiger partial charge < -0.3 is 16.4 Å². The maximum absolute atomic E-state index is 13.2. The summed E-state index contributed by atoms with van der Waals surface area (Å²) in [4.78, 5) is 9.10. The van der Waals surface area contributed by atoms with E-state index in [1.54, 1.807) is 23.0 Å². The molecule has 0 spiro atoms. The first kappa shape index (κ1) is 17.9. The van der Waals surface area contributed by atoms with Crippen LogP contribution in [0.25, 0.3) is 11.0 Å². The Morgan fingerprint density at radius 1 is 1.07 bits per heavy atom. The zero-order chi connectivity index (χ0) is 19.5. The number of nitrogens with one attached hydrogen (secondary N) is 2. The highest BCUT2D eigenvalue weighted by Crippen LogP contribution is 2.25. The Kier molecular flexibility index (Phi) is 4.86. The van der Waals surface area contributed by atoms with E-state index in [2.05, 4.69) is 25.7 Å². The zero-order valence-electron chi connectivity index (χ0n) is 15.3. The van der Waals surface area contributed by atoms with Crippen molar-refractivity contribution in [1.82, 2.24) is 19.7 Å². The third-order valence-corrected chi connectivity index (χ3v) is 4.41. The number of hydrogen-bond acceptors (Lipinski definition) is 6. The molecule has 2 heterocycles. The van der Waals surface area contributed by atoms with Gasteiger partial charge in [0.05, 0.1) is 11.6 Å². The fourth-order valence-electron chi connectivity index (χ4n) is 2.89. The van der Waals surface area contributed by atoms with Gasteiger partial charge >= 0.3 is 0 Å². The van der Waals surface area contributed by atoms with E-state index in [1.165, 1.54) is 12.1 Å². The van der Waals surface area contributed by atoms with Gasteiger partial charge in [-0.05, 0) is 29.8 Å². The van der Waals surface area contributed by atoms with Crippen LogP contribution in [0, 0.1) is 5.82 Å². The lowest BCUT2D eigenvalue weighted by molar-refractivity contribution is 0.628. The predicted octanol–water partition coefficient (Wildman–Crippen LogP) is 3.36. The van der Waals surface area contributed by atoms with Crippen molar-refractivity contribution in [2.75, 3.05) is 17.2 Å². The fraction of sp³-hybridized carbons (Fsp3) is 0.150. The number of nitrogens with two attached hydrogens (primary N) is 1. The maximum atomic E-state index is 13.2. The van der Waals surface area contributed by atoms with Crippen molar-refractivity contribution < 1.29 is 4.39 Å². The van der Waals surface area contributed by atoms with Crippen LogP contribution in [-0.4, -0.2) is 26.3 Å². The number of rotatable bonds is 6. The van der Waals surface area contributed by atoms with Crippen LogP contribution in [0.1, 0.15) is 11.6 Å². The minimum Gasteiger partial charge on any atom is -0.352 e. The number of anilines is 3. The lowest BCUT2D eigenvalue weighted by Gasteiger charge is -2.14. The van der Waals surface area contributed by atoms with Crippen molar-refractivity contribution in [1.29, 1.82) is 0 Å². The first-order chi connectivity index (χ1) is 13.6. The van der Waals surface area contributed by atoms with E-state index in [0.29, 0.717) is 24.0 Å². The molecule has 28 heavy (non-hydrogen) atoms. The van der Waals surface area contributed by atoms with E-state index in [4.69, 9.17) is 5.73 Å². The molecule has 4 N–H and O–H groups in total. The highest BCUT2D eigenvalue weighted by atomic mass is 19.1. The quantitative estimate of drug-likeness (QED) is 0.477.